The van der Waals surface area contributed by atoms with Gasteiger partial charge in [0.1, 0.15) is 0 Å². The summed E-state index contributed by atoms with van der Waals surface area (Å²) in [5.41, 5.74) is 0. The van der Waals surface area contributed by atoms with Crippen molar-refractivity contribution in [3.63, 3.8) is 0 Å². The molecule has 1 fully saturated rings. The number of ether oxygens (including phenoxy) is 1. The molecule has 100 valence electrons. The van der Waals surface area contributed by atoms with E-state index in [9.17, 15) is 4.79 Å². The molecule has 1 amide bonds. The van der Waals surface area contributed by atoms with E-state index in [2.05, 4.69) is 29.8 Å². The van der Waals surface area contributed by atoms with Crippen LogP contribution in [0.3, 0.4) is 0 Å². The molecule has 1 rings (SSSR count). The van der Waals surface area contributed by atoms with E-state index in [-0.39, 0.29) is 11.8 Å². The minimum absolute atomic E-state index is 0.0865. The largest absolute Gasteiger partial charge is 0.381 e. The molecule has 1 saturated heterocycles. The van der Waals surface area contributed by atoms with Crippen molar-refractivity contribution in [3.8, 4) is 0 Å². The van der Waals surface area contributed by atoms with Crippen molar-refractivity contribution in [2.24, 2.45) is 5.92 Å². The van der Waals surface area contributed by atoms with E-state index in [0.29, 0.717) is 12.6 Å². The van der Waals surface area contributed by atoms with E-state index in [0.717, 1.165) is 44.2 Å². The molecule has 1 aliphatic rings. The van der Waals surface area contributed by atoms with Crippen LogP contribution in [-0.4, -0.2) is 41.9 Å². The highest BCUT2D eigenvalue weighted by Crippen LogP contribution is 2.20. The average Bonchev–Trinajstić information content (AvgIpc) is 2.39. The minimum atomic E-state index is 0.0865. The lowest BCUT2D eigenvalue weighted by molar-refractivity contribution is -0.142. The van der Waals surface area contributed by atoms with Gasteiger partial charge in [-0.15, -0.1) is 0 Å². The van der Waals surface area contributed by atoms with Gasteiger partial charge in [0.15, 0.2) is 0 Å². The third kappa shape index (κ3) is 4.25. The lowest BCUT2D eigenvalue weighted by Gasteiger charge is -2.34. The van der Waals surface area contributed by atoms with Crippen molar-refractivity contribution in [1.29, 1.82) is 0 Å². The molecule has 0 N–H and O–H groups in total. The summed E-state index contributed by atoms with van der Waals surface area (Å²) >= 11 is 3.44. The summed E-state index contributed by atoms with van der Waals surface area (Å²) in [5, 5.41) is 0.850. The van der Waals surface area contributed by atoms with Crippen LogP contribution in [0.25, 0.3) is 0 Å². The zero-order valence-electron chi connectivity index (χ0n) is 11.0. The molecule has 17 heavy (non-hydrogen) atoms. The van der Waals surface area contributed by atoms with Crippen molar-refractivity contribution >= 4 is 21.8 Å². The smallest absolute Gasteiger partial charge is 0.228 e. The van der Waals surface area contributed by atoms with Crippen molar-refractivity contribution in [2.45, 2.75) is 45.6 Å². The van der Waals surface area contributed by atoms with Gasteiger partial charge in [0.25, 0.3) is 0 Å². The molecule has 1 atom stereocenters. The highest BCUT2D eigenvalue weighted by atomic mass is 79.9. The second-order valence-corrected chi connectivity index (χ2v) is 5.40. The Morgan fingerprint density at radius 3 is 2.65 bits per heavy atom. The first-order valence-electron chi connectivity index (χ1n) is 6.68. The third-order valence-electron chi connectivity index (χ3n) is 3.50. The molecular formula is C13H24BrNO2. The van der Waals surface area contributed by atoms with Crippen molar-refractivity contribution in [1.82, 2.24) is 4.90 Å². The molecule has 1 aliphatic heterocycles. The number of amides is 1. The fourth-order valence-electron chi connectivity index (χ4n) is 2.46. The van der Waals surface area contributed by atoms with Crippen LogP contribution in [0.2, 0.25) is 0 Å². The monoisotopic (exact) mass is 305 g/mol. The molecule has 0 aromatic carbocycles. The van der Waals surface area contributed by atoms with Crippen LogP contribution in [0.15, 0.2) is 0 Å². The summed E-state index contributed by atoms with van der Waals surface area (Å²) in [6, 6.07) is 0.377. The fraction of sp³-hybridized carbons (Fsp3) is 0.923. The average molecular weight is 306 g/mol. The third-order valence-corrected chi connectivity index (χ3v) is 3.86. The van der Waals surface area contributed by atoms with Gasteiger partial charge in [0.2, 0.25) is 5.91 Å². The van der Waals surface area contributed by atoms with Crippen molar-refractivity contribution in [3.05, 3.63) is 0 Å². The van der Waals surface area contributed by atoms with Crippen LogP contribution in [0.5, 0.6) is 0 Å². The van der Waals surface area contributed by atoms with Crippen LogP contribution in [0, 0.1) is 5.92 Å². The van der Waals surface area contributed by atoms with Crippen LogP contribution < -0.4 is 0 Å². The molecule has 4 heteroatoms. The minimum Gasteiger partial charge on any atom is -0.381 e. The molecule has 3 nitrogen and oxygen atoms in total. The predicted octanol–water partition coefficient (Wildman–Crippen LogP) is 2.83. The van der Waals surface area contributed by atoms with E-state index in [1.54, 1.807) is 0 Å². The molecule has 0 spiro atoms. The number of rotatable bonds is 6. The van der Waals surface area contributed by atoms with Gasteiger partial charge in [-0.1, -0.05) is 29.8 Å². The molecule has 0 aliphatic carbocycles. The molecule has 1 unspecified atom stereocenters. The van der Waals surface area contributed by atoms with Gasteiger partial charge in [-0.05, 0) is 25.7 Å². The Hall–Kier alpha value is -0.0900. The second-order valence-electron chi connectivity index (χ2n) is 4.61. The van der Waals surface area contributed by atoms with Gasteiger partial charge in [0.05, 0.1) is 12.5 Å². The summed E-state index contributed by atoms with van der Waals surface area (Å²) in [5.74, 6) is 0.376. The number of halogens is 1. The lowest BCUT2D eigenvalue weighted by Crippen LogP contribution is -2.46. The summed E-state index contributed by atoms with van der Waals surface area (Å²) in [6.07, 6.45) is 4.06. The van der Waals surface area contributed by atoms with Crippen LogP contribution in [0.4, 0.5) is 0 Å². The number of carbonyl (C=O) groups is 1. The fourth-order valence-corrected chi connectivity index (χ4v) is 2.85. The molecular weight excluding hydrogens is 282 g/mol. The first-order valence-corrected chi connectivity index (χ1v) is 7.80. The number of hydrogen-bond donors (Lipinski definition) is 0. The Labute approximate surface area is 113 Å². The summed E-state index contributed by atoms with van der Waals surface area (Å²) in [4.78, 5) is 14.5. The van der Waals surface area contributed by atoms with Crippen molar-refractivity contribution in [2.75, 3.05) is 25.1 Å². The maximum atomic E-state index is 12.5. The SMILES string of the molecule is CCC(CC)N(CCBr)C(=O)C1CCCOC1. The Kier molecular flexibility index (Phi) is 7.12. The summed E-state index contributed by atoms with van der Waals surface area (Å²) in [7, 11) is 0. The Bertz CT molecular complexity index is 225. The number of alkyl halides is 1. The highest BCUT2D eigenvalue weighted by Gasteiger charge is 2.29. The van der Waals surface area contributed by atoms with Crippen LogP contribution >= 0.6 is 15.9 Å². The quantitative estimate of drug-likeness (QED) is 0.706. The van der Waals surface area contributed by atoms with Crippen LogP contribution in [0.1, 0.15) is 39.5 Å². The Morgan fingerprint density at radius 1 is 1.47 bits per heavy atom. The highest BCUT2D eigenvalue weighted by molar-refractivity contribution is 9.09. The number of carbonyl (C=O) groups excluding carboxylic acids is 1. The molecule has 0 aromatic heterocycles. The Balaban J connectivity index is 2.63. The standard InChI is InChI=1S/C13H24BrNO2/c1-3-12(4-2)15(8-7-14)13(16)11-6-5-9-17-10-11/h11-12H,3-10H2,1-2H3. The molecule has 0 radical (unpaired) electrons. The number of nitrogens with zero attached hydrogens (tertiary/aromatic N) is 1. The van der Waals surface area contributed by atoms with Gasteiger partial charge >= 0.3 is 0 Å². The first kappa shape index (κ1) is 15.0. The van der Waals surface area contributed by atoms with E-state index in [1.807, 2.05) is 4.90 Å². The summed E-state index contributed by atoms with van der Waals surface area (Å²) < 4.78 is 5.42. The van der Waals surface area contributed by atoms with Gasteiger partial charge in [-0.2, -0.15) is 0 Å². The van der Waals surface area contributed by atoms with Gasteiger partial charge in [-0.3, -0.25) is 4.79 Å². The molecule has 0 bridgehead atoms. The first-order chi connectivity index (χ1) is 8.24. The van der Waals surface area contributed by atoms with Gasteiger partial charge in [-0.25, -0.2) is 0 Å². The molecule has 0 aromatic rings. The second kappa shape index (κ2) is 8.09. The molecule has 0 saturated carbocycles. The zero-order valence-corrected chi connectivity index (χ0v) is 12.5. The topological polar surface area (TPSA) is 29.5 Å². The van der Waals surface area contributed by atoms with E-state index < -0.39 is 0 Å². The van der Waals surface area contributed by atoms with Gasteiger partial charge < -0.3 is 9.64 Å². The van der Waals surface area contributed by atoms with Crippen LogP contribution in [-0.2, 0) is 9.53 Å². The predicted molar refractivity (Wildman–Crippen MR) is 73.4 cm³/mol. The summed E-state index contributed by atoms with van der Waals surface area (Å²) in [6.45, 7) is 6.53. The molecule has 1 heterocycles. The number of hydrogen-bond acceptors (Lipinski definition) is 2. The van der Waals surface area contributed by atoms with Gasteiger partial charge in [0, 0.05) is 24.5 Å². The maximum Gasteiger partial charge on any atom is 0.228 e. The normalized spacial score (nSPS) is 20.6. The Morgan fingerprint density at radius 2 is 2.18 bits per heavy atom. The van der Waals surface area contributed by atoms with Crippen molar-refractivity contribution < 1.29 is 9.53 Å². The lowest BCUT2D eigenvalue weighted by atomic mass is 9.99. The van der Waals surface area contributed by atoms with E-state index >= 15 is 0 Å². The van der Waals surface area contributed by atoms with E-state index in [4.69, 9.17) is 4.74 Å². The van der Waals surface area contributed by atoms with E-state index in [1.165, 1.54) is 0 Å². The zero-order chi connectivity index (χ0) is 12.7. The maximum absolute atomic E-state index is 12.5.